The smallest absolute Gasteiger partial charge is 0.512 e. The van der Waals surface area contributed by atoms with Gasteiger partial charge >= 0.3 is 21.1 Å². The first kappa shape index (κ1) is 57.4. The number of benzene rings is 8. The van der Waals surface area contributed by atoms with Crippen LogP contribution in [0.4, 0.5) is 17.1 Å². The van der Waals surface area contributed by atoms with Gasteiger partial charge in [-0.15, -0.1) is 89.0 Å². The number of pyridine rings is 3. The second-order valence-electron chi connectivity index (χ2n) is 23.2. The van der Waals surface area contributed by atoms with Crippen molar-refractivity contribution in [1.82, 2.24) is 19.5 Å². The Morgan fingerprint density at radius 2 is 1.05 bits per heavy atom. The maximum absolute atomic E-state index is 10.0. The molecule has 12 aromatic rings. The van der Waals surface area contributed by atoms with Crippen LogP contribution in [0.2, 0.25) is 0 Å². The average molecular weight is 1450 g/mol. The normalized spacial score (nSPS) is 14.0. The number of aromatic nitrogens is 4. The Hall–Kier alpha value is -8.38. The predicted octanol–water partition coefficient (Wildman–Crippen LogP) is 18.3. The first-order valence-electron chi connectivity index (χ1n) is 27.9. The number of aliphatic hydroxyl groups is 1. The van der Waals surface area contributed by atoms with Crippen LogP contribution in [0.15, 0.2) is 218 Å². The van der Waals surface area contributed by atoms with Gasteiger partial charge in [0.25, 0.3) is 0 Å². The van der Waals surface area contributed by atoms with Crippen LogP contribution in [0.25, 0.3) is 83.3 Å². The first-order valence-corrected chi connectivity index (χ1v) is 27.9. The SMILES string of the molecule is CC(=O)C=C(C)O.CC1(C)c2cc(N(c3[c-]c(-c4ccccn4)ccc3)c3[c-]c(-c4ccccn4)ccc3)cc3c2-n2c4c1cccc4c1cccc(c12)C3(C)C.CC1(C)c2ccccc2-c2c[c-]c(-c3ccc4ccccc4n3)cc21.[Ir].[Pt+2]. The van der Waals surface area contributed by atoms with E-state index < -0.39 is 0 Å². The summed E-state index contributed by atoms with van der Waals surface area (Å²) < 4.78 is 2.58. The molecule has 0 saturated carbocycles. The molecule has 7 nitrogen and oxygen atoms in total. The largest absolute Gasteiger partial charge is 2.00 e. The van der Waals surface area contributed by atoms with E-state index in [1.165, 1.54) is 97.3 Å². The zero-order chi connectivity index (χ0) is 56.7. The number of nitrogens with zero attached hydrogens (tertiary/aromatic N) is 5. The van der Waals surface area contributed by atoms with Crippen molar-refractivity contribution in [3.8, 4) is 50.6 Å². The Morgan fingerprint density at radius 3 is 1.60 bits per heavy atom. The van der Waals surface area contributed by atoms with Crippen molar-refractivity contribution >= 4 is 55.6 Å². The van der Waals surface area contributed by atoms with E-state index in [9.17, 15) is 4.79 Å². The van der Waals surface area contributed by atoms with Crippen LogP contribution in [0.5, 0.6) is 0 Å². The van der Waals surface area contributed by atoms with Gasteiger partial charge in [0.2, 0.25) is 0 Å². The molecule has 3 aliphatic rings. The van der Waals surface area contributed by atoms with Crippen molar-refractivity contribution < 1.29 is 51.1 Å². The summed E-state index contributed by atoms with van der Waals surface area (Å²) in [5.74, 6) is -0.0625. The topological polar surface area (TPSA) is 84.1 Å². The fourth-order valence-corrected chi connectivity index (χ4v) is 12.8. The molecule has 9 heteroatoms. The monoisotopic (exact) mass is 1450 g/mol. The van der Waals surface area contributed by atoms with Crippen LogP contribution in [0, 0.1) is 18.2 Å². The molecule has 8 aromatic carbocycles. The number of carbonyl (C=O) groups is 1. The molecule has 417 valence electrons. The second-order valence-corrected chi connectivity index (χ2v) is 23.2. The van der Waals surface area contributed by atoms with Crippen molar-refractivity contribution in [3.05, 3.63) is 270 Å². The molecule has 84 heavy (non-hydrogen) atoms. The maximum atomic E-state index is 10.0. The van der Waals surface area contributed by atoms with Crippen molar-refractivity contribution in [1.29, 1.82) is 0 Å². The van der Waals surface area contributed by atoms with Crippen LogP contribution in [0.3, 0.4) is 0 Å². The Kier molecular flexibility index (Phi) is 15.3. The van der Waals surface area contributed by atoms with Gasteiger partial charge in [-0.1, -0.05) is 168 Å². The number of anilines is 3. The summed E-state index contributed by atoms with van der Waals surface area (Å²) in [7, 11) is 0. The molecule has 0 bridgehead atoms. The van der Waals surface area contributed by atoms with Crippen LogP contribution < -0.4 is 4.90 Å². The molecule has 0 unspecified atom stereocenters. The Balaban J connectivity index is 0.000000181. The van der Waals surface area contributed by atoms with Gasteiger partial charge in [-0.3, -0.25) is 9.78 Å². The summed E-state index contributed by atoms with van der Waals surface area (Å²) in [4.78, 5) is 26.5. The fraction of sp³-hybridized carbons (Fsp3) is 0.147. The van der Waals surface area contributed by atoms with Gasteiger partial charge in [0.15, 0.2) is 5.78 Å². The third-order valence-corrected chi connectivity index (χ3v) is 16.8. The maximum Gasteiger partial charge on any atom is 2.00 e. The molecule has 15 rings (SSSR count). The molecule has 0 amide bonds. The number of rotatable bonds is 7. The number of allylic oxidation sites excluding steroid dienone is 2. The zero-order valence-corrected chi connectivity index (χ0v) is 52.6. The van der Waals surface area contributed by atoms with E-state index in [1.807, 2.05) is 60.9 Å². The molecule has 1 aliphatic carbocycles. The first-order chi connectivity index (χ1) is 39.6. The van der Waals surface area contributed by atoms with E-state index in [1.54, 1.807) is 0 Å². The number of hydrogen-bond donors (Lipinski definition) is 1. The van der Waals surface area contributed by atoms with Crippen molar-refractivity contribution in [2.24, 2.45) is 0 Å². The summed E-state index contributed by atoms with van der Waals surface area (Å²) in [6.45, 7) is 17.0. The van der Waals surface area contributed by atoms with Gasteiger partial charge in [0, 0.05) is 65.9 Å². The molecule has 2 aliphatic heterocycles. The number of para-hydroxylation sites is 3. The van der Waals surface area contributed by atoms with Crippen molar-refractivity contribution in [2.45, 2.75) is 71.6 Å². The summed E-state index contributed by atoms with van der Waals surface area (Å²) >= 11 is 0. The van der Waals surface area contributed by atoms with Gasteiger partial charge in [-0.25, -0.2) is 0 Å². The minimum absolute atomic E-state index is 0. The number of hydrogen-bond acceptors (Lipinski definition) is 6. The van der Waals surface area contributed by atoms with Gasteiger partial charge in [0.05, 0.1) is 28.0 Å². The summed E-state index contributed by atoms with van der Waals surface area (Å²) in [5, 5.41) is 12.2. The van der Waals surface area contributed by atoms with E-state index in [0.29, 0.717) is 0 Å². The van der Waals surface area contributed by atoms with Gasteiger partial charge < -0.3 is 24.5 Å². The standard InChI is InChI=1S/C46H34N4.C24H18N.C5H8O2.Ir.Pt/c1-45(2)36-19-11-17-34-35-18-12-20-37-43(35)50(42(34)36)44-38(45)27-33(28-39(44)46(37,3)4)49(31-15-9-13-29(25-31)40-21-5-7-23-47-40)32-16-10-14-30(26-32)41-22-6-8-24-48-41;1-24(2)20-9-5-4-8-18(20)19-13-11-17(15-21(19)24)23-14-12-16-7-3-6-10-22(16)25-23;1-4(6)3-5(2)7;;/h5-24,27-28H,1-4H3;3-10,12-15H,1-2H3;3,6H,1-2H3;;/q-2;-1;;;+2. The number of aliphatic hydroxyl groups excluding tert-OH is 1. The van der Waals surface area contributed by atoms with Crippen LogP contribution in [0.1, 0.15) is 88.8 Å². The minimum Gasteiger partial charge on any atom is -0.512 e. The van der Waals surface area contributed by atoms with Crippen molar-refractivity contribution in [2.75, 3.05) is 4.90 Å². The van der Waals surface area contributed by atoms with Crippen LogP contribution in [-0.4, -0.2) is 30.4 Å². The molecular formula is C75H60IrN5O2Pt-. The quantitative estimate of drug-likeness (QED) is 0.0972. The zero-order valence-electron chi connectivity index (χ0n) is 47.9. The minimum atomic E-state index is -0.248. The van der Waals surface area contributed by atoms with E-state index in [0.717, 1.165) is 56.4 Å². The Morgan fingerprint density at radius 1 is 0.524 bits per heavy atom. The predicted molar refractivity (Wildman–Crippen MR) is 334 cm³/mol. The summed E-state index contributed by atoms with van der Waals surface area (Å²) in [6.07, 6.45) is 4.84. The van der Waals surface area contributed by atoms with Gasteiger partial charge in [-0.05, 0) is 111 Å². The van der Waals surface area contributed by atoms with Crippen LogP contribution >= 0.6 is 0 Å². The second kappa shape index (κ2) is 22.3. The summed E-state index contributed by atoms with van der Waals surface area (Å²) in [5.41, 5.74) is 23.8. The van der Waals surface area contributed by atoms with E-state index in [2.05, 4.69) is 225 Å². The average Bonchev–Trinajstić information content (AvgIpc) is 1.44. The Labute approximate surface area is 519 Å². The van der Waals surface area contributed by atoms with Gasteiger partial charge in [0.1, 0.15) is 0 Å². The van der Waals surface area contributed by atoms with Crippen molar-refractivity contribution in [3.63, 3.8) is 0 Å². The molecule has 4 aromatic heterocycles. The van der Waals surface area contributed by atoms with Crippen LogP contribution in [-0.2, 0) is 62.2 Å². The molecule has 0 fully saturated rings. The van der Waals surface area contributed by atoms with Gasteiger partial charge in [-0.2, -0.15) is 0 Å². The van der Waals surface area contributed by atoms with E-state index in [-0.39, 0.29) is 69.0 Å². The van der Waals surface area contributed by atoms with E-state index in [4.69, 9.17) is 10.1 Å². The molecule has 0 atom stereocenters. The molecule has 1 N–H and O–H groups in total. The number of fused-ring (bicyclic) bond motifs is 5. The number of carbonyl (C=O) groups excluding carboxylic acids is 1. The Bertz CT molecular complexity index is 4380. The fourth-order valence-electron chi connectivity index (χ4n) is 12.8. The third kappa shape index (κ3) is 9.74. The van der Waals surface area contributed by atoms with E-state index >= 15 is 0 Å². The summed E-state index contributed by atoms with van der Waals surface area (Å²) in [6, 6.07) is 79.7. The number of ketones is 1. The molecule has 0 spiro atoms. The molecular weight excluding hydrogens is 1390 g/mol. The third-order valence-electron chi connectivity index (χ3n) is 16.8. The molecule has 6 heterocycles. The molecule has 0 saturated heterocycles. The molecule has 1 radical (unpaired) electrons.